The molecule has 0 spiro atoms. The van der Waals surface area contributed by atoms with Crippen molar-refractivity contribution in [1.82, 2.24) is 0 Å². The number of aliphatic hydroxyl groups is 3. The molecule has 2 aliphatic heterocycles. The number of fused-ring (bicyclic) bond motifs is 3. The molecule has 14 nitrogen and oxygen atoms in total. The average Bonchev–Trinajstić information content (AvgIpc) is 3.06. The number of hydrogen-bond donors (Lipinski definition) is 6. The molecule has 11 atom stereocenters. The molecule has 50 heavy (non-hydrogen) atoms. The summed E-state index contributed by atoms with van der Waals surface area (Å²) in [4.78, 5) is 41.9. The Labute approximate surface area is 289 Å². The van der Waals surface area contributed by atoms with Crippen LogP contribution in [0.15, 0.2) is 24.3 Å². The normalized spacial score (nSPS) is 35.3. The second-order valence-electron chi connectivity index (χ2n) is 14.1. The number of aromatic hydroxyl groups is 2. The van der Waals surface area contributed by atoms with Crippen LogP contribution in [0.5, 0.6) is 11.5 Å². The predicted octanol–water partition coefficient (Wildman–Crippen LogP) is 0.622. The van der Waals surface area contributed by atoms with Crippen LogP contribution < -0.4 is 4.90 Å². The van der Waals surface area contributed by atoms with Crippen LogP contribution in [0.25, 0.3) is 0 Å². The number of rotatable bonds is 7. The molecule has 2 aliphatic carbocycles. The largest absolute Gasteiger partial charge is 0.507 e. The first-order valence-electron chi connectivity index (χ1n) is 17.0. The van der Waals surface area contributed by atoms with Crippen LogP contribution in [-0.4, -0.2) is 119 Å². The average molecular weight is 701 g/mol. The lowest BCUT2D eigenvalue weighted by Gasteiger charge is -2.47. The van der Waals surface area contributed by atoms with Crippen molar-refractivity contribution in [2.24, 2.45) is 0 Å². The van der Waals surface area contributed by atoms with Crippen LogP contribution in [0, 0.1) is 0 Å². The monoisotopic (exact) mass is 700 g/mol. The summed E-state index contributed by atoms with van der Waals surface area (Å²) in [5, 5.41) is 54.9. The van der Waals surface area contributed by atoms with Crippen molar-refractivity contribution in [2.45, 2.75) is 113 Å². The summed E-state index contributed by atoms with van der Waals surface area (Å²) in [5.74, 6) is -4.54. The van der Waals surface area contributed by atoms with E-state index in [1.54, 1.807) is 20.8 Å². The van der Waals surface area contributed by atoms with Crippen molar-refractivity contribution in [2.75, 3.05) is 21.2 Å². The molecule has 6 N–H and O–H groups in total. The maximum Gasteiger partial charge on any atom is 0.316 e. The molecule has 4 aliphatic rings. The van der Waals surface area contributed by atoms with Crippen LogP contribution in [0.3, 0.4) is 0 Å². The van der Waals surface area contributed by atoms with Gasteiger partial charge in [-0.2, -0.15) is 0 Å². The molecule has 2 aromatic rings. The van der Waals surface area contributed by atoms with Crippen molar-refractivity contribution in [3.05, 3.63) is 57.6 Å². The molecule has 2 fully saturated rings. The van der Waals surface area contributed by atoms with E-state index in [1.807, 2.05) is 14.1 Å². The Bertz CT molecular complexity index is 1670. The summed E-state index contributed by atoms with van der Waals surface area (Å²) in [5.41, 5.74) is -2.41. The van der Waals surface area contributed by atoms with Crippen LogP contribution in [0.4, 0.5) is 0 Å². The van der Waals surface area contributed by atoms with Gasteiger partial charge in [0.1, 0.15) is 35.7 Å². The van der Waals surface area contributed by atoms with Crippen molar-refractivity contribution < 1.29 is 68.5 Å². The number of quaternary nitrogens is 1. The zero-order valence-electron chi connectivity index (χ0n) is 28.9. The Kier molecular flexibility index (Phi) is 9.87. The molecule has 0 radical (unpaired) electrons. The van der Waals surface area contributed by atoms with E-state index in [2.05, 4.69) is 0 Å². The maximum atomic E-state index is 13.8. The lowest BCUT2D eigenvalue weighted by molar-refractivity contribution is -0.894. The number of phenols is 2. The van der Waals surface area contributed by atoms with Gasteiger partial charge in [-0.25, -0.2) is 0 Å². The van der Waals surface area contributed by atoms with Gasteiger partial charge in [-0.3, -0.25) is 14.4 Å². The summed E-state index contributed by atoms with van der Waals surface area (Å²) in [6.07, 6.45) is -6.31. The SMILES string of the molecule is CC[C@@]1(O)C[C@H](O[C@H]2C[C@H]([NH+](C)C)[C@H](O[C@H]3C[C@H](O)[C@H](O)[C@H](C)O3)[C@H](C)O2)c2c(cc3c(c2O)C(=O)c2c(O)cccc2C3=O)[C@H]1C(=O)OC. The van der Waals surface area contributed by atoms with Crippen LogP contribution >= 0.6 is 0 Å². The highest BCUT2D eigenvalue weighted by Crippen LogP contribution is 2.54. The van der Waals surface area contributed by atoms with E-state index < -0.39 is 89.8 Å². The second-order valence-corrected chi connectivity index (χ2v) is 14.1. The Morgan fingerprint density at radius 2 is 1.66 bits per heavy atom. The molecular weight excluding hydrogens is 654 g/mol. The van der Waals surface area contributed by atoms with Crippen molar-refractivity contribution in [1.29, 1.82) is 0 Å². The van der Waals surface area contributed by atoms with Crippen molar-refractivity contribution in [3.8, 4) is 11.5 Å². The topological polar surface area (TPSA) is 203 Å². The van der Waals surface area contributed by atoms with Gasteiger partial charge < -0.3 is 54.1 Å². The van der Waals surface area contributed by atoms with Crippen molar-refractivity contribution in [3.63, 3.8) is 0 Å². The summed E-state index contributed by atoms with van der Waals surface area (Å²) in [6.45, 7) is 5.16. The van der Waals surface area contributed by atoms with E-state index in [9.17, 15) is 39.9 Å². The van der Waals surface area contributed by atoms with E-state index in [4.69, 9.17) is 23.7 Å². The first-order valence-corrected chi connectivity index (χ1v) is 17.0. The summed E-state index contributed by atoms with van der Waals surface area (Å²) >= 11 is 0. The van der Waals surface area contributed by atoms with Gasteiger partial charge in [-0.1, -0.05) is 19.1 Å². The molecule has 2 heterocycles. The quantitative estimate of drug-likeness (QED) is 0.188. The number of likely N-dealkylation sites (N-methyl/N-ethyl adjacent to an activating group) is 1. The number of aliphatic hydroxyl groups excluding tert-OH is 2. The first kappa shape index (κ1) is 36.3. The highest BCUT2D eigenvalue weighted by molar-refractivity contribution is 6.30. The Morgan fingerprint density at radius 1 is 0.980 bits per heavy atom. The fourth-order valence-electron chi connectivity index (χ4n) is 8.06. The number of esters is 1. The number of benzene rings is 2. The lowest BCUT2D eigenvalue weighted by atomic mass is 9.67. The highest BCUT2D eigenvalue weighted by Gasteiger charge is 2.54. The number of phenolic OH excluding ortho intramolecular Hbond substituents is 2. The molecule has 272 valence electrons. The number of ketones is 2. The number of hydrogen-bond acceptors (Lipinski definition) is 13. The number of methoxy groups -OCH3 is 1. The van der Waals surface area contributed by atoms with Gasteiger partial charge in [-0.05, 0) is 38.0 Å². The summed E-state index contributed by atoms with van der Waals surface area (Å²) in [6, 6.07) is 5.22. The van der Waals surface area contributed by atoms with Gasteiger partial charge in [-0.15, -0.1) is 0 Å². The fraction of sp³-hybridized carbons (Fsp3) is 0.583. The third-order valence-corrected chi connectivity index (χ3v) is 10.8. The Balaban J connectivity index is 1.37. The van der Waals surface area contributed by atoms with E-state index in [0.29, 0.717) is 0 Å². The smallest absolute Gasteiger partial charge is 0.316 e. The molecule has 6 rings (SSSR count). The van der Waals surface area contributed by atoms with E-state index in [0.717, 1.165) is 4.90 Å². The third kappa shape index (κ3) is 6.01. The van der Waals surface area contributed by atoms with Crippen molar-refractivity contribution >= 4 is 17.5 Å². The zero-order valence-corrected chi connectivity index (χ0v) is 28.9. The van der Waals surface area contributed by atoms with Gasteiger partial charge >= 0.3 is 5.97 Å². The number of carbonyl (C=O) groups is 3. The lowest BCUT2D eigenvalue weighted by Crippen LogP contribution is -3.12. The van der Waals surface area contributed by atoms with Crippen LogP contribution in [0.1, 0.15) is 101 Å². The van der Waals surface area contributed by atoms with Gasteiger partial charge in [0, 0.05) is 29.5 Å². The third-order valence-electron chi connectivity index (χ3n) is 10.8. The Morgan fingerprint density at radius 3 is 2.30 bits per heavy atom. The van der Waals surface area contributed by atoms with E-state index in [-0.39, 0.29) is 65.1 Å². The maximum absolute atomic E-state index is 13.8. The highest BCUT2D eigenvalue weighted by atomic mass is 16.7. The standard InChI is InChI=1S/C36H45NO13/c1-7-36(45)14-23(49-24-12-20(37(4)5)34(16(3)48-24)50-25-13-22(39)30(40)15(2)47-25)27-18(29(36)35(44)46-6)11-19-28(33(27)43)32(42)26-17(31(19)41)9-8-10-21(26)38/h8-11,15-16,20,22-25,29-30,34,38-40,43,45H,7,12-14H2,1-6H3/p+1/t15-,16-,20-,22-,23-,24-,25-,29-,30+,34+,36+/m0/s1. The zero-order chi connectivity index (χ0) is 36.4. The summed E-state index contributed by atoms with van der Waals surface area (Å²) in [7, 11) is 5.06. The molecule has 0 saturated carbocycles. The van der Waals surface area contributed by atoms with Gasteiger partial charge in [0.25, 0.3) is 0 Å². The first-order chi connectivity index (χ1) is 23.6. The molecule has 0 amide bonds. The number of nitrogens with one attached hydrogen (secondary N) is 1. The van der Waals surface area contributed by atoms with E-state index >= 15 is 0 Å². The molecule has 0 unspecified atom stereocenters. The number of carbonyl (C=O) groups excluding carboxylic acids is 3. The molecule has 0 aromatic heterocycles. The van der Waals surface area contributed by atoms with Gasteiger partial charge in [0.05, 0.1) is 68.8 Å². The minimum Gasteiger partial charge on any atom is -0.507 e. The van der Waals surface area contributed by atoms with E-state index in [1.165, 1.54) is 31.4 Å². The molecule has 2 aromatic carbocycles. The molecule has 14 heteroatoms. The minimum atomic E-state index is -1.73. The molecule has 0 bridgehead atoms. The summed E-state index contributed by atoms with van der Waals surface area (Å²) < 4.78 is 30.1. The van der Waals surface area contributed by atoms with Crippen LogP contribution in [0.2, 0.25) is 0 Å². The Hall–Kier alpha value is -3.47. The number of ether oxygens (including phenoxy) is 5. The minimum absolute atomic E-state index is 0.0396. The molecular formula is C36H46NO13+. The second kappa shape index (κ2) is 13.6. The van der Waals surface area contributed by atoms with Gasteiger partial charge in [0.2, 0.25) is 5.78 Å². The van der Waals surface area contributed by atoms with Crippen LogP contribution in [-0.2, 0) is 28.5 Å². The molecule has 2 saturated heterocycles. The fourth-order valence-corrected chi connectivity index (χ4v) is 8.06. The predicted molar refractivity (Wildman–Crippen MR) is 173 cm³/mol. The van der Waals surface area contributed by atoms with Gasteiger partial charge in [0.15, 0.2) is 18.4 Å².